The molecule has 10 heavy (non-hydrogen) atoms. The molecule has 2 N–H and O–H groups in total. The number of nitrogens with two attached hydrogens (primary N) is 1. The molecule has 0 saturated heterocycles. The van der Waals surface area contributed by atoms with Gasteiger partial charge in [-0.3, -0.25) is 9.48 Å². The van der Waals surface area contributed by atoms with Crippen molar-refractivity contribution in [2.75, 3.05) is 0 Å². The molecular weight excluding hydrogens is 132 g/mol. The minimum absolute atomic E-state index is 0.250. The Bertz CT molecular complexity index is 179. The molecule has 0 fully saturated rings. The van der Waals surface area contributed by atoms with E-state index in [4.69, 9.17) is 4.79 Å². The predicted molar refractivity (Wildman–Crippen MR) is 36.0 cm³/mol. The van der Waals surface area contributed by atoms with Gasteiger partial charge in [0.05, 0.1) is 0 Å². The number of hydrogen-bond acceptors (Lipinski definition) is 3. The third-order valence-corrected chi connectivity index (χ3v) is 0.714. The number of amides is 1. The van der Waals surface area contributed by atoms with Crippen molar-refractivity contribution >= 4 is 6.41 Å². The third kappa shape index (κ3) is 3.59. The van der Waals surface area contributed by atoms with E-state index in [1.807, 2.05) is 14.0 Å². The van der Waals surface area contributed by atoms with Crippen molar-refractivity contribution in [1.82, 2.24) is 14.8 Å². The first kappa shape index (κ1) is 8.61. The van der Waals surface area contributed by atoms with Crippen LogP contribution in [0.3, 0.4) is 0 Å². The van der Waals surface area contributed by atoms with Gasteiger partial charge in [0.1, 0.15) is 12.2 Å². The lowest BCUT2D eigenvalue weighted by molar-refractivity contribution is -0.106. The Morgan fingerprint density at radius 2 is 2.30 bits per heavy atom. The largest absolute Gasteiger partial charge is 0.372 e. The Morgan fingerprint density at radius 1 is 1.80 bits per heavy atom. The third-order valence-electron chi connectivity index (χ3n) is 0.714. The number of hydrogen-bond donors (Lipinski definition) is 1. The van der Waals surface area contributed by atoms with Crippen molar-refractivity contribution < 1.29 is 4.79 Å². The molecule has 0 atom stereocenters. The van der Waals surface area contributed by atoms with Gasteiger partial charge < -0.3 is 5.73 Å². The number of aromatic nitrogens is 3. The minimum Gasteiger partial charge on any atom is -0.372 e. The molecule has 1 amide bonds. The van der Waals surface area contributed by atoms with Gasteiger partial charge in [-0.2, -0.15) is 5.10 Å². The SMILES string of the molecule is Cc1ncn(C)n1.NC=O. The molecule has 1 heterocycles. The summed E-state index contributed by atoms with van der Waals surface area (Å²) in [5, 5.41) is 3.92. The maximum absolute atomic E-state index is 8.58. The second kappa shape index (κ2) is 4.49. The minimum atomic E-state index is 0.250. The molecule has 5 heteroatoms. The second-order valence-corrected chi connectivity index (χ2v) is 1.60. The zero-order valence-electron chi connectivity index (χ0n) is 5.98. The van der Waals surface area contributed by atoms with Crippen LogP contribution in [0.5, 0.6) is 0 Å². The molecular formula is C5H10N4O. The van der Waals surface area contributed by atoms with Gasteiger partial charge in [-0.25, -0.2) is 4.98 Å². The summed E-state index contributed by atoms with van der Waals surface area (Å²) in [5.74, 6) is 0.822. The van der Waals surface area contributed by atoms with E-state index in [0.717, 1.165) is 5.82 Å². The first-order valence-electron chi connectivity index (χ1n) is 2.68. The van der Waals surface area contributed by atoms with E-state index in [0.29, 0.717) is 0 Å². The van der Waals surface area contributed by atoms with Gasteiger partial charge in [0.15, 0.2) is 0 Å². The molecule has 0 aliphatic heterocycles. The first-order chi connectivity index (χ1) is 4.70. The molecule has 0 aliphatic carbocycles. The van der Waals surface area contributed by atoms with Crippen LogP contribution in [-0.2, 0) is 11.8 Å². The molecule has 0 aliphatic rings. The summed E-state index contributed by atoms with van der Waals surface area (Å²) in [6.07, 6.45) is 1.93. The molecule has 1 rings (SSSR count). The van der Waals surface area contributed by atoms with Crippen molar-refractivity contribution in [3.05, 3.63) is 12.2 Å². The Labute approximate surface area is 58.9 Å². The Morgan fingerprint density at radius 3 is 2.40 bits per heavy atom. The van der Waals surface area contributed by atoms with Crippen LogP contribution in [0.25, 0.3) is 0 Å². The standard InChI is InChI=1S/C4H7N3.CH3NO/c1-4-5-3-7(2)6-4;2-1-3/h3H,1-2H3;1H,(H2,2,3). The molecule has 0 unspecified atom stereocenters. The summed E-state index contributed by atoms with van der Waals surface area (Å²) in [4.78, 5) is 12.5. The van der Waals surface area contributed by atoms with E-state index in [2.05, 4.69) is 15.8 Å². The fourth-order valence-electron chi connectivity index (χ4n) is 0.447. The van der Waals surface area contributed by atoms with Crippen molar-refractivity contribution in [2.45, 2.75) is 6.92 Å². The maximum atomic E-state index is 8.58. The van der Waals surface area contributed by atoms with Crippen molar-refractivity contribution in [1.29, 1.82) is 0 Å². The summed E-state index contributed by atoms with van der Waals surface area (Å²) in [5.41, 5.74) is 4.17. The monoisotopic (exact) mass is 142 g/mol. The topological polar surface area (TPSA) is 73.8 Å². The average Bonchev–Trinajstić information content (AvgIpc) is 2.17. The van der Waals surface area contributed by atoms with Gasteiger partial charge >= 0.3 is 0 Å². The van der Waals surface area contributed by atoms with Crippen LogP contribution in [-0.4, -0.2) is 21.2 Å². The van der Waals surface area contributed by atoms with Crippen LogP contribution in [0.4, 0.5) is 0 Å². The molecule has 1 aromatic rings. The molecule has 0 bridgehead atoms. The highest BCUT2D eigenvalue weighted by atomic mass is 16.1. The summed E-state index contributed by atoms with van der Waals surface area (Å²) in [6.45, 7) is 1.86. The zero-order chi connectivity index (χ0) is 7.98. The van der Waals surface area contributed by atoms with Crippen LogP contribution in [0.2, 0.25) is 0 Å². The van der Waals surface area contributed by atoms with Gasteiger partial charge in [-0.05, 0) is 6.92 Å². The number of nitrogens with zero attached hydrogens (tertiary/aromatic N) is 3. The van der Waals surface area contributed by atoms with E-state index in [-0.39, 0.29) is 6.41 Å². The van der Waals surface area contributed by atoms with Crippen LogP contribution >= 0.6 is 0 Å². The zero-order valence-corrected chi connectivity index (χ0v) is 5.98. The number of carbonyl (C=O) groups excluding carboxylic acids is 1. The number of rotatable bonds is 0. The normalized spacial score (nSPS) is 7.80. The quantitative estimate of drug-likeness (QED) is 0.483. The highest BCUT2D eigenvalue weighted by Crippen LogP contribution is 1.79. The molecule has 0 radical (unpaired) electrons. The lowest BCUT2D eigenvalue weighted by atomic mass is 10.8. The molecule has 1 aromatic heterocycles. The Kier molecular flexibility index (Phi) is 3.86. The maximum Gasteiger partial charge on any atom is 0.204 e. The highest BCUT2D eigenvalue weighted by Gasteiger charge is 1.83. The van der Waals surface area contributed by atoms with Crippen LogP contribution < -0.4 is 5.73 Å². The Hall–Kier alpha value is -1.39. The van der Waals surface area contributed by atoms with Crippen molar-refractivity contribution in [3.63, 3.8) is 0 Å². The average molecular weight is 142 g/mol. The molecule has 0 spiro atoms. The van der Waals surface area contributed by atoms with E-state index < -0.39 is 0 Å². The second-order valence-electron chi connectivity index (χ2n) is 1.60. The van der Waals surface area contributed by atoms with Crippen LogP contribution in [0, 0.1) is 6.92 Å². The lowest BCUT2D eigenvalue weighted by Gasteiger charge is -1.76. The summed E-state index contributed by atoms with van der Waals surface area (Å²) in [7, 11) is 1.85. The van der Waals surface area contributed by atoms with Gasteiger partial charge in [0.25, 0.3) is 0 Å². The lowest BCUT2D eigenvalue weighted by Crippen LogP contribution is -1.86. The van der Waals surface area contributed by atoms with Gasteiger partial charge in [-0.15, -0.1) is 0 Å². The van der Waals surface area contributed by atoms with Gasteiger partial charge in [0.2, 0.25) is 6.41 Å². The van der Waals surface area contributed by atoms with Crippen LogP contribution in [0.1, 0.15) is 5.82 Å². The molecule has 5 nitrogen and oxygen atoms in total. The molecule has 56 valence electrons. The Balaban J connectivity index is 0.000000236. The van der Waals surface area contributed by atoms with Gasteiger partial charge in [0, 0.05) is 7.05 Å². The first-order valence-corrected chi connectivity index (χ1v) is 2.68. The van der Waals surface area contributed by atoms with E-state index in [1.54, 1.807) is 11.0 Å². The highest BCUT2D eigenvalue weighted by molar-refractivity contribution is 5.42. The summed E-state index contributed by atoms with van der Waals surface area (Å²) >= 11 is 0. The van der Waals surface area contributed by atoms with E-state index >= 15 is 0 Å². The smallest absolute Gasteiger partial charge is 0.204 e. The predicted octanol–water partition coefficient (Wildman–Crippen LogP) is -0.775. The van der Waals surface area contributed by atoms with Crippen molar-refractivity contribution in [2.24, 2.45) is 12.8 Å². The number of carbonyl (C=O) groups is 1. The van der Waals surface area contributed by atoms with Gasteiger partial charge in [-0.1, -0.05) is 0 Å². The molecule has 0 aromatic carbocycles. The fraction of sp³-hybridized carbons (Fsp3) is 0.400. The fourth-order valence-corrected chi connectivity index (χ4v) is 0.447. The number of aryl methyl sites for hydroxylation is 2. The number of primary amides is 1. The van der Waals surface area contributed by atoms with Crippen LogP contribution in [0.15, 0.2) is 6.33 Å². The summed E-state index contributed by atoms with van der Waals surface area (Å²) < 4.78 is 1.68. The summed E-state index contributed by atoms with van der Waals surface area (Å²) in [6, 6.07) is 0. The molecule has 0 saturated carbocycles. The van der Waals surface area contributed by atoms with Crippen molar-refractivity contribution in [3.8, 4) is 0 Å². The van der Waals surface area contributed by atoms with E-state index in [1.165, 1.54) is 0 Å². The van der Waals surface area contributed by atoms with E-state index in [9.17, 15) is 0 Å².